The molecule has 8 N–H and O–H groups in total. The summed E-state index contributed by atoms with van der Waals surface area (Å²) in [7, 11) is 0. The fraction of sp³-hybridized carbons (Fsp3) is 0.762. The molecule has 4 atom stereocenters. The van der Waals surface area contributed by atoms with E-state index in [1.54, 1.807) is 13.8 Å². The second-order valence-electron chi connectivity index (χ2n) is 9.00. The van der Waals surface area contributed by atoms with Gasteiger partial charge in [0.2, 0.25) is 17.7 Å². The van der Waals surface area contributed by atoms with Crippen molar-refractivity contribution in [3.63, 3.8) is 0 Å². The fourth-order valence-corrected chi connectivity index (χ4v) is 4.40. The molecule has 2 saturated heterocycles. The summed E-state index contributed by atoms with van der Waals surface area (Å²) >= 11 is 0. The molecule has 0 bridgehead atoms. The molecule has 0 aliphatic carbocycles. The van der Waals surface area contributed by atoms with Gasteiger partial charge in [0.25, 0.3) is 0 Å². The van der Waals surface area contributed by atoms with Gasteiger partial charge in [-0.1, -0.05) is 13.8 Å². The van der Waals surface area contributed by atoms with E-state index in [2.05, 4.69) is 10.3 Å². The lowest BCUT2D eigenvalue weighted by molar-refractivity contribution is -0.148. The van der Waals surface area contributed by atoms with Crippen LogP contribution in [0.3, 0.4) is 0 Å². The Kier molecular flexibility index (Phi) is 9.44. The number of nitrogens with two attached hydrogens (primary N) is 3. The predicted molar refractivity (Wildman–Crippen MR) is 122 cm³/mol. The van der Waals surface area contributed by atoms with Crippen LogP contribution < -0.4 is 22.5 Å². The van der Waals surface area contributed by atoms with E-state index < -0.39 is 36.0 Å². The standard InChI is InChI=1S/C21H37N7O5/c1-12(2)16(20(32)33)26-17(29)14-7-4-10-27(14)19(31)15-8-5-11-28(15)18(30)13(22)6-3-9-25-21(23)24/h12-16H,3-11,22H2,1-2H3,(H,26,29)(H,32,33)(H4,23,24,25). The number of guanidine groups is 1. The Morgan fingerprint density at radius 1 is 1.06 bits per heavy atom. The summed E-state index contributed by atoms with van der Waals surface area (Å²) in [6, 6.07) is -3.22. The Morgan fingerprint density at radius 2 is 1.67 bits per heavy atom. The van der Waals surface area contributed by atoms with Gasteiger partial charge in [0.05, 0.1) is 6.04 Å². The highest BCUT2D eigenvalue weighted by atomic mass is 16.4. The molecule has 0 saturated carbocycles. The molecule has 12 heteroatoms. The Labute approximate surface area is 193 Å². The first-order valence-electron chi connectivity index (χ1n) is 11.5. The highest BCUT2D eigenvalue weighted by Gasteiger charge is 2.43. The molecule has 2 aliphatic rings. The lowest BCUT2D eigenvalue weighted by Crippen LogP contribution is -2.56. The SMILES string of the molecule is CC(C)C(NC(=O)C1CCCN1C(=O)C1CCCN1C(=O)C(N)CCCN=C(N)N)C(=O)O. The summed E-state index contributed by atoms with van der Waals surface area (Å²) in [5.41, 5.74) is 16.6. The summed E-state index contributed by atoms with van der Waals surface area (Å²) in [6.07, 6.45) is 3.17. The van der Waals surface area contributed by atoms with E-state index in [0.29, 0.717) is 58.2 Å². The third-order valence-corrected chi connectivity index (χ3v) is 6.17. The first-order valence-corrected chi connectivity index (χ1v) is 11.5. The Balaban J connectivity index is 2.02. The van der Waals surface area contributed by atoms with Gasteiger partial charge in [-0.3, -0.25) is 19.4 Å². The summed E-state index contributed by atoms with van der Waals surface area (Å²) in [4.78, 5) is 57.4. The minimum absolute atomic E-state index is 0.0209. The molecule has 2 aliphatic heterocycles. The number of hydrogen-bond acceptors (Lipinski definition) is 6. The Morgan fingerprint density at radius 3 is 2.24 bits per heavy atom. The number of amides is 3. The number of carboxylic acids is 1. The fourth-order valence-electron chi connectivity index (χ4n) is 4.40. The van der Waals surface area contributed by atoms with Gasteiger partial charge in [0.1, 0.15) is 18.1 Å². The van der Waals surface area contributed by atoms with Crippen LogP contribution in [0.15, 0.2) is 4.99 Å². The topological polar surface area (TPSA) is 197 Å². The summed E-state index contributed by atoms with van der Waals surface area (Å²) in [6.45, 7) is 4.60. The van der Waals surface area contributed by atoms with Gasteiger partial charge in [-0.15, -0.1) is 0 Å². The number of aliphatic imine (C=N–C) groups is 1. The van der Waals surface area contributed by atoms with Gasteiger partial charge >= 0.3 is 5.97 Å². The number of nitrogens with zero attached hydrogens (tertiary/aromatic N) is 3. The van der Waals surface area contributed by atoms with Gasteiger partial charge in [-0.25, -0.2) is 4.79 Å². The zero-order valence-corrected chi connectivity index (χ0v) is 19.4. The van der Waals surface area contributed by atoms with E-state index in [1.165, 1.54) is 9.80 Å². The number of rotatable bonds is 10. The lowest BCUT2D eigenvalue weighted by atomic mass is 10.0. The van der Waals surface area contributed by atoms with Crippen LogP contribution in [0.1, 0.15) is 52.4 Å². The minimum atomic E-state index is -1.12. The molecule has 12 nitrogen and oxygen atoms in total. The number of aliphatic carboxylic acids is 1. The van der Waals surface area contributed by atoms with Crippen LogP contribution in [0.2, 0.25) is 0 Å². The second kappa shape index (κ2) is 11.8. The van der Waals surface area contributed by atoms with Crippen molar-refractivity contribution < 1.29 is 24.3 Å². The Hall–Kier alpha value is -2.89. The first kappa shape index (κ1) is 26.4. The number of nitrogens with one attached hydrogen (secondary N) is 1. The number of carbonyl (C=O) groups excluding carboxylic acids is 3. The van der Waals surface area contributed by atoms with E-state index in [4.69, 9.17) is 17.2 Å². The average Bonchev–Trinajstić information content (AvgIpc) is 3.42. The summed E-state index contributed by atoms with van der Waals surface area (Å²) in [5, 5.41) is 11.9. The maximum absolute atomic E-state index is 13.3. The largest absolute Gasteiger partial charge is 0.480 e. The van der Waals surface area contributed by atoms with E-state index in [0.717, 1.165) is 0 Å². The molecule has 3 amide bonds. The van der Waals surface area contributed by atoms with Crippen LogP contribution in [0.5, 0.6) is 0 Å². The van der Waals surface area contributed by atoms with E-state index >= 15 is 0 Å². The minimum Gasteiger partial charge on any atom is -0.480 e. The van der Waals surface area contributed by atoms with Crippen molar-refractivity contribution in [2.24, 2.45) is 28.1 Å². The van der Waals surface area contributed by atoms with Crippen LogP contribution in [0.4, 0.5) is 0 Å². The van der Waals surface area contributed by atoms with Crippen LogP contribution in [-0.4, -0.2) is 88.4 Å². The highest BCUT2D eigenvalue weighted by molar-refractivity contribution is 5.94. The maximum atomic E-state index is 13.3. The Bertz CT molecular complexity index is 768. The molecule has 0 aromatic heterocycles. The number of carbonyl (C=O) groups is 4. The number of carboxylic acid groups (broad SMARTS) is 1. The molecule has 186 valence electrons. The van der Waals surface area contributed by atoms with E-state index in [9.17, 15) is 24.3 Å². The molecule has 33 heavy (non-hydrogen) atoms. The molecule has 0 spiro atoms. The zero-order chi connectivity index (χ0) is 24.7. The van der Waals surface area contributed by atoms with Crippen LogP contribution in [-0.2, 0) is 19.2 Å². The van der Waals surface area contributed by atoms with Crippen LogP contribution >= 0.6 is 0 Å². The monoisotopic (exact) mass is 467 g/mol. The third kappa shape index (κ3) is 6.80. The molecule has 2 rings (SSSR count). The molecule has 0 aromatic rings. The number of likely N-dealkylation sites (tertiary alicyclic amines) is 2. The van der Waals surface area contributed by atoms with Gasteiger partial charge in [-0.2, -0.15) is 0 Å². The van der Waals surface area contributed by atoms with Crippen molar-refractivity contribution in [1.29, 1.82) is 0 Å². The number of hydrogen-bond donors (Lipinski definition) is 5. The van der Waals surface area contributed by atoms with Crippen molar-refractivity contribution >= 4 is 29.7 Å². The molecule has 4 unspecified atom stereocenters. The van der Waals surface area contributed by atoms with E-state index in [-0.39, 0.29) is 23.7 Å². The molecule has 0 radical (unpaired) electrons. The predicted octanol–water partition coefficient (Wildman–Crippen LogP) is -1.43. The molecular weight excluding hydrogens is 430 g/mol. The van der Waals surface area contributed by atoms with Crippen molar-refractivity contribution in [2.75, 3.05) is 19.6 Å². The molecule has 2 heterocycles. The van der Waals surface area contributed by atoms with Crippen molar-refractivity contribution in [2.45, 2.75) is 76.5 Å². The van der Waals surface area contributed by atoms with Crippen LogP contribution in [0, 0.1) is 5.92 Å². The van der Waals surface area contributed by atoms with Crippen molar-refractivity contribution in [3.8, 4) is 0 Å². The van der Waals surface area contributed by atoms with Gasteiger partial charge < -0.3 is 37.4 Å². The normalized spacial score (nSPS) is 22.2. The van der Waals surface area contributed by atoms with Crippen LogP contribution in [0.25, 0.3) is 0 Å². The highest BCUT2D eigenvalue weighted by Crippen LogP contribution is 2.26. The zero-order valence-electron chi connectivity index (χ0n) is 19.4. The molecule has 2 fully saturated rings. The van der Waals surface area contributed by atoms with Gasteiger partial charge in [-0.05, 0) is 44.4 Å². The van der Waals surface area contributed by atoms with Gasteiger partial charge in [0.15, 0.2) is 5.96 Å². The van der Waals surface area contributed by atoms with E-state index in [1.807, 2.05) is 0 Å². The maximum Gasteiger partial charge on any atom is 0.326 e. The first-order chi connectivity index (χ1) is 15.5. The summed E-state index contributed by atoms with van der Waals surface area (Å²) < 4.78 is 0. The average molecular weight is 468 g/mol. The second-order valence-corrected chi connectivity index (χ2v) is 9.00. The molecule has 0 aromatic carbocycles. The molecular formula is C21H37N7O5. The van der Waals surface area contributed by atoms with Crippen molar-refractivity contribution in [1.82, 2.24) is 15.1 Å². The third-order valence-electron chi connectivity index (χ3n) is 6.17. The summed E-state index contributed by atoms with van der Waals surface area (Å²) in [5.74, 6) is -2.50. The quantitative estimate of drug-likeness (QED) is 0.146. The smallest absolute Gasteiger partial charge is 0.326 e. The van der Waals surface area contributed by atoms with Crippen molar-refractivity contribution in [3.05, 3.63) is 0 Å². The lowest BCUT2D eigenvalue weighted by Gasteiger charge is -2.32. The van der Waals surface area contributed by atoms with Gasteiger partial charge in [0, 0.05) is 19.6 Å².